The molecule has 0 aliphatic heterocycles. The van der Waals surface area contributed by atoms with E-state index >= 15 is 0 Å². The molecule has 3 nitrogen and oxygen atoms in total. The Kier molecular flexibility index (Phi) is 2.79. The van der Waals surface area contributed by atoms with E-state index in [2.05, 4.69) is 0 Å². The SMILES string of the molecule is CN(C)C(=O)C(=O)C(C)(C)C. The van der Waals surface area contributed by atoms with Gasteiger partial charge in [0.1, 0.15) is 0 Å². The van der Waals surface area contributed by atoms with Crippen molar-refractivity contribution in [1.29, 1.82) is 0 Å². The molecule has 0 heterocycles. The molecule has 0 aromatic heterocycles. The predicted molar refractivity (Wildman–Crippen MR) is 43.2 cm³/mol. The van der Waals surface area contributed by atoms with E-state index in [-0.39, 0.29) is 5.78 Å². The molecule has 0 aliphatic carbocycles. The van der Waals surface area contributed by atoms with E-state index in [0.717, 1.165) is 0 Å². The van der Waals surface area contributed by atoms with Gasteiger partial charge in [0.25, 0.3) is 5.91 Å². The van der Waals surface area contributed by atoms with Gasteiger partial charge in [-0.25, -0.2) is 0 Å². The molecule has 0 radical (unpaired) electrons. The average molecular weight is 157 g/mol. The number of amides is 1. The van der Waals surface area contributed by atoms with Gasteiger partial charge in [0.05, 0.1) is 0 Å². The molecule has 0 aliphatic rings. The summed E-state index contributed by atoms with van der Waals surface area (Å²) < 4.78 is 0. The highest BCUT2D eigenvalue weighted by atomic mass is 16.2. The first-order valence-electron chi connectivity index (χ1n) is 3.53. The van der Waals surface area contributed by atoms with Crippen LogP contribution >= 0.6 is 0 Å². The topological polar surface area (TPSA) is 37.4 Å². The number of carbonyl (C=O) groups is 2. The maximum absolute atomic E-state index is 11.2. The molecule has 0 rings (SSSR count). The van der Waals surface area contributed by atoms with E-state index in [0.29, 0.717) is 0 Å². The maximum Gasteiger partial charge on any atom is 0.289 e. The minimum Gasteiger partial charge on any atom is -0.342 e. The van der Waals surface area contributed by atoms with Gasteiger partial charge in [-0.1, -0.05) is 20.8 Å². The van der Waals surface area contributed by atoms with Crippen molar-refractivity contribution < 1.29 is 9.59 Å². The normalized spacial score (nSPS) is 11.0. The third-order valence-corrected chi connectivity index (χ3v) is 1.28. The van der Waals surface area contributed by atoms with E-state index in [1.807, 2.05) is 0 Å². The second-order valence-electron chi connectivity index (χ2n) is 3.78. The van der Waals surface area contributed by atoms with Crippen molar-refractivity contribution in [3.8, 4) is 0 Å². The summed E-state index contributed by atoms with van der Waals surface area (Å²) in [4.78, 5) is 23.6. The summed E-state index contributed by atoms with van der Waals surface area (Å²) in [6.45, 7) is 5.20. The number of ketones is 1. The number of carbonyl (C=O) groups excluding carboxylic acids is 2. The summed E-state index contributed by atoms with van der Waals surface area (Å²) in [7, 11) is 3.15. The van der Waals surface area contributed by atoms with Crippen LogP contribution in [0, 0.1) is 5.41 Å². The average Bonchev–Trinajstić information content (AvgIpc) is 1.82. The molecular formula is C8H15NO2. The number of likely N-dealkylation sites (N-methyl/N-ethyl adjacent to an activating group) is 1. The van der Waals surface area contributed by atoms with Gasteiger partial charge in [-0.2, -0.15) is 0 Å². The zero-order valence-electron chi connectivity index (χ0n) is 7.76. The summed E-state index contributed by atoms with van der Waals surface area (Å²) in [5.41, 5.74) is -0.568. The fourth-order valence-electron chi connectivity index (χ4n) is 0.524. The first-order valence-corrected chi connectivity index (χ1v) is 3.53. The smallest absolute Gasteiger partial charge is 0.289 e. The number of nitrogens with zero attached hydrogens (tertiary/aromatic N) is 1. The van der Waals surface area contributed by atoms with Crippen LogP contribution in [-0.2, 0) is 9.59 Å². The minimum atomic E-state index is -0.568. The highest BCUT2D eigenvalue weighted by molar-refractivity contribution is 6.37. The van der Waals surface area contributed by atoms with Gasteiger partial charge in [0.15, 0.2) is 0 Å². The third kappa shape index (κ3) is 2.70. The molecule has 3 heteroatoms. The Labute approximate surface area is 67.4 Å². The van der Waals surface area contributed by atoms with Gasteiger partial charge < -0.3 is 4.90 Å². The van der Waals surface area contributed by atoms with Gasteiger partial charge in [0.2, 0.25) is 5.78 Å². The minimum absolute atomic E-state index is 0.345. The monoisotopic (exact) mass is 157 g/mol. The van der Waals surface area contributed by atoms with Crippen molar-refractivity contribution in [1.82, 2.24) is 4.90 Å². The third-order valence-electron chi connectivity index (χ3n) is 1.28. The number of hydrogen-bond donors (Lipinski definition) is 0. The lowest BCUT2D eigenvalue weighted by Crippen LogP contribution is -2.37. The predicted octanol–water partition coefficient (Wildman–Crippen LogP) is 0.690. The fourth-order valence-corrected chi connectivity index (χ4v) is 0.524. The van der Waals surface area contributed by atoms with Gasteiger partial charge in [0, 0.05) is 19.5 Å². The van der Waals surface area contributed by atoms with Crippen molar-refractivity contribution in [3.05, 3.63) is 0 Å². The van der Waals surface area contributed by atoms with Crippen LogP contribution < -0.4 is 0 Å². The van der Waals surface area contributed by atoms with Crippen LogP contribution in [0.5, 0.6) is 0 Å². The molecule has 0 fully saturated rings. The molecule has 0 atom stereocenters. The molecule has 0 N–H and O–H groups in total. The van der Waals surface area contributed by atoms with Crippen LogP contribution in [0.15, 0.2) is 0 Å². The Hall–Kier alpha value is -0.860. The molecule has 64 valence electrons. The number of Topliss-reactive ketones (excluding diaryl/α,β-unsaturated/α-hetero) is 1. The molecule has 11 heavy (non-hydrogen) atoms. The molecule has 0 bridgehead atoms. The van der Waals surface area contributed by atoms with Crippen LogP contribution in [0.4, 0.5) is 0 Å². The second kappa shape index (κ2) is 3.03. The quantitative estimate of drug-likeness (QED) is 0.525. The lowest BCUT2D eigenvalue weighted by Gasteiger charge is -2.18. The van der Waals surface area contributed by atoms with E-state index in [4.69, 9.17) is 0 Å². The summed E-state index contributed by atoms with van der Waals surface area (Å²) >= 11 is 0. The molecule has 1 amide bonds. The van der Waals surface area contributed by atoms with Gasteiger partial charge in [-0.3, -0.25) is 9.59 Å². The molecule has 0 unspecified atom stereocenters. The van der Waals surface area contributed by atoms with Crippen molar-refractivity contribution in [3.63, 3.8) is 0 Å². The molecule has 0 spiro atoms. The second-order valence-corrected chi connectivity index (χ2v) is 3.78. The first-order chi connectivity index (χ1) is 4.76. The van der Waals surface area contributed by atoms with Crippen LogP contribution in [0.25, 0.3) is 0 Å². The Morgan fingerprint density at radius 2 is 1.45 bits per heavy atom. The van der Waals surface area contributed by atoms with E-state index in [1.165, 1.54) is 4.90 Å². The fraction of sp³-hybridized carbons (Fsp3) is 0.750. The Morgan fingerprint density at radius 1 is 1.09 bits per heavy atom. The highest BCUT2D eigenvalue weighted by Gasteiger charge is 2.28. The highest BCUT2D eigenvalue weighted by Crippen LogP contribution is 2.15. The maximum atomic E-state index is 11.2. The summed E-state index contributed by atoms with van der Waals surface area (Å²) in [6, 6.07) is 0. The zero-order valence-corrected chi connectivity index (χ0v) is 7.76. The summed E-state index contributed by atoms with van der Waals surface area (Å²) in [6.07, 6.45) is 0. The Balaban J connectivity index is 4.40. The lowest BCUT2D eigenvalue weighted by molar-refractivity contribution is -0.147. The number of rotatable bonds is 1. The van der Waals surface area contributed by atoms with Crippen LogP contribution in [-0.4, -0.2) is 30.7 Å². The standard InChI is InChI=1S/C8H15NO2/c1-8(2,3)6(10)7(11)9(4)5/h1-5H3. The Morgan fingerprint density at radius 3 is 1.55 bits per heavy atom. The molecule has 0 aromatic carbocycles. The molecule has 0 aromatic rings. The molecule has 0 saturated heterocycles. The van der Waals surface area contributed by atoms with Crippen molar-refractivity contribution in [2.24, 2.45) is 5.41 Å². The number of hydrogen-bond acceptors (Lipinski definition) is 2. The van der Waals surface area contributed by atoms with E-state index < -0.39 is 11.3 Å². The van der Waals surface area contributed by atoms with Crippen LogP contribution in [0.3, 0.4) is 0 Å². The lowest BCUT2D eigenvalue weighted by atomic mass is 9.90. The van der Waals surface area contributed by atoms with E-state index in [9.17, 15) is 9.59 Å². The van der Waals surface area contributed by atoms with Gasteiger partial charge >= 0.3 is 0 Å². The molecule has 0 saturated carbocycles. The summed E-state index contributed by atoms with van der Waals surface area (Å²) in [5.74, 6) is -0.778. The van der Waals surface area contributed by atoms with E-state index in [1.54, 1.807) is 34.9 Å². The van der Waals surface area contributed by atoms with Crippen molar-refractivity contribution in [2.45, 2.75) is 20.8 Å². The van der Waals surface area contributed by atoms with Crippen molar-refractivity contribution in [2.75, 3.05) is 14.1 Å². The van der Waals surface area contributed by atoms with Crippen LogP contribution in [0.2, 0.25) is 0 Å². The van der Waals surface area contributed by atoms with Gasteiger partial charge in [-0.05, 0) is 0 Å². The van der Waals surface area contributed by atoms with Crippen LogP contribution in [0.1, 0.15) is 20.8 Å². The first kappa shape index (κ1) is 10.1. The largest absolute Gasteiger partial charge is 0.342 e. The molecular weight excluding hydrogens is 142 g/mol. The van der Waals surface area contributed by atoms with Gasteiger partial charge in [-0.15, -0.1) is 0 Å². The Bertz CT molecular complexity index is 177. The van der Waals surface area contributed by atoms with Crippen molar-refractivity contribution >= 4 is 11.7 Å². The summed E-state index contributed by atoms with van der Waals surface area (Å²) in [5, 5.41) is 0. The zero-order chi connectivity index (χ0) is 9.23.